The van der Waals surface area contributed by atoms with Gasteiger partial charge in [-0.15, -0.1) is 0 Å². The van der Waals surface area contributed by atoms with Gasteiger partial charge >= 0.3 is 6.03 Å². The van der Waals surface area contributed by atoms with Gasteiger partial charge in [-0.2, -0.15) is 5.10 Å². The van der Waals surface area contributed by atoms with Gasteiger partial charge in [0.1, 0.15) is 11.6 Å². The van der Waals surface area contributed by atoms with Crippen LogP contribution >= 0.6 is 0 Å². The minimum atomic E-state index is -0.256. The zero-order valence-electron chi connectivity index (χ0n) is 15.7. The molecule has 2 amide bonds. The Bertz CT molecular complexity index is 1010. The lowest BCUT2D eigenvalue weighted by molar-refractivity contribution is 0.0926. The lowest BCUT2D eigenvalue weighted by Crippen LogP contribution is -2.40. The fraction of sp³-hybridized carbons (Fsp3) is 0.450. The molecule has 3 aromatic rings. The lowest BCUT2D eigenvalue weighted by Gasteiger charge is -2.21. The van der Waals surface area contributed by atoms with E-state index in [-0.39, 0.29) is 18.2 Å². The molecule has 2 atom stereocenters. The van der Waals surface area contributed by atoms with Crippen molar-refractivity contribution in [1.29, 1.82) is 0 Å². The Morgan fingerprint density at radius 3 is 3.04 bits per heavy atom. The normalized spacial score (nSPS) is 21.9. The van der Waals surface area contributed by atoms with Gasteiger partial charge in [-0.1, -0.05) is 0 Å². The summed E-state index contributed by atoms with van der Waals surface area (Å²) in [4.78, 5) is 16.9. The van der Waals surface area contributed by atoms with Crippen LogP contribution in [0.15, 0.2) is 34.9 Å². The van der Waals surface area contributed by atoms with Crippen molar-refractivity contribution in [1.82, 2.24) is 20.1 Å². The summed E-state index contributed by atoms with van der Waals surface area (Å²) in [6.07, 6.45) is 4.95. The molecule has 1 aliphatic carbocycles. The number of carbonyl (C=O) groups is 1. The van der Waals surface area contributed by atoms with Crippen LogP contribution in [0.2, 0.25) is 0 Å². The van der Waals surface area contributed by atoms with Gasteiger partial charge in [0.05, 0.1) is 11.7 Å². The Morgan fingerprint density at radius 1 is 1.29 bits per heavy atom. The maximum absolute atomic E-state index is 12.6. The van der Waals surface area contributed by atoms with Crippen molar-refractivity contribution < 1.29 is 13.9 Å². The molecule has 28 heavy (non-hydrogen) atoms. The molecule has 0 bridgehead atoms. The van der Waals surface area contributed by atoms with Gasteiger partial charge in [0, 0.05) is 32.0 Å². The predicted octanol–water partition coefficient (Wildman–Crippen LogP) is 3.39. The molecule has 3 heterocycles. The highest BCUT2D eigenvalue weighted by molar-refractivity contribution is 5.91. The molecule has 1 aromatic carbocycles. The summed E-state index contributed by atoms with van der Waals surface area (Å²) in [6, 6.07) is 7.06. The number of aryl methyl sites for hydroxylation is 1. The second kappa shape index (κ2) is 6.94. The molecule has 1 saturated carbocycles. The average Bonchev–Trinajstić information content (AvgIpc) is 3.02. The molecule has 2 aliphatic rings. The van der Waals surface area contributed by atoms with Gasteiger partial charge in [-0.05, 0) is 49.4 Å². The van der Waals surface area contributed by atoms with Gasteiger partial charge in [0.15, 0.2) is 11.5 Å². The Labute approximate surface area is 162 Å². The summed E-state index contributed by atoms with van der Waals surface area (Å²) in [5.41, 5.74) is 3.14. The number of nitrogens with zero attached hydrogens (tertiary/aromatic N) is 3. The standard InChI is InChI=1S/C20H23N5O3/c1-12-22-16-10-14(4-5-18(16)28-12)23-20(26)24-15-7-9-27-19(15)17-6-8-21-25(17)11-13-2-3-13/h4-6,8,10,13,15,19H,2-3,7,9,11H2,1H3,(H2,23,24,26)/t15-,19-/m1/s1. The van der Waals surface area contributed by atoms with Crippen molar-refractivity contribution in [2.75, 3.05) is 11.9 Å². The van der Waals surface area contributed by atoms with Crippen LogP contribution in [0.1, 0.15) is 37.0 Å². The first-order chi connectivity index (χ1) is 13.7. The number of hydrogen-bond acceptors (Lipinski definition) is 5. The van der Waals surface area contributed by atoms with E-state index in [9.17, 15) is 4.79 Å². The Balaban J connectivity index is 1.26. The van der Waals surface area contributed by atoms with E-state index in [4.69, 9.17) is 9.15 Å². The number of rotatable bonds is 5. The smallest absolute Gasteiger partial charge is 0.319 e. The number of carbonyl (C=O) groups excluding carboxylic acids is 1. The topological polar surface area (TPSA) is 94.2 Å². The fourth-order valence-corrected chi connectivity index (χ4v) is 3.77. The van der Waals surface area contributed by atoms with Crippen LogP contribution in [0.25, 0.3) is 11.1 Å². The van der Waals surface area contributed by atoms with Crippen LogP contribution in [0, 0.1) is 12.8 Å². The first-order valence-electron chi connectivity index (χ1n) is 9.74. The average molecular weight is 381 g/mol. The first-order valence-corrected chi connectivity index (χ1v) is 9.74. The van der Waals surface area contributed by atoms with Crippen LogP contribution in [0.5, 0.6) is 0 Å². The van der Waals surface area contributed by atoms with Crippen molar-refractivity contribution in [3.63, 3.8) is 0 Å². The van der Waals surface area contributed by atoms with Gasteiger partial charge in [0.25, 0.3) is 0 Å². The number of aromatic nitrogens is 3. The number of benzene rings is 1. The van der Waals surface area contributed by atoms with E-state index >= 15 is 0 Å². The van der Waals surface area contributed by atoms with Crippen LogP contribution in [-0.2, 0) is 11.3 Å². The van der Waals surface area contributed by atoms with E-state index in [1.807, 2.05) is 23.0 Å². The van der Waals surface area contributed by atoms with E-state index in [0.717, 1.165) is 30.1 Å². The van der Waals surface area contributed by atoms with Crippen LogP contribution in [0.4, 0.5) is 10.5 Å². The molecule has 8 heteroatoms. The Kier molecular flexibility index (Phi) is 4.27. The van der Waals surface area contributed by atoms with Crippen molar-refractivity contribution in [2.45, 2.75) is 44.9 Å². The summed E-state index contributed by atoms with van der Waals surface area (Å²) in [6.45, 7) is 3.35. The third-order valence-electron chi connectivity index (χ3n) is 5.33. The molecule has 5 rings (SSSR count). The highest BCUT2D eigenvalue weighted by Gasteiger charge is 2.34. The molecular weight excluding hydrogens is 358 g/mol. The Morgan fingerprint density at radius 2 is 2.18 bits per heavy atom. The summed E-state index contributed by atoms with van der Waals surface area (Å²) in [5.74, 6) is 1.33. The monoisotopic (exact) mass is 381 g/mol. The summed E-state index contributed by atoms with van der Waals surface area (Å²) >= 11 is 0. The summed E-state index contributed by atoms with van der Waals surface area (Å²) in [5, 5.41) is 10.4. The third-order valence-corrected chi connectivity index (χ3v) is 5.33. The molecule has 0 unspecified atom stereocenters. The van der Waals surface area contributed by atoms with Gasteiger partial charge < -0.3 is 19.8 Å². The second-order valence-corrected chi connectivity index (χ2v) is 7.58. The van der Waals surface area contributed by atoms with Crippen LogP contribution < -0.4 is 10.6 Å². The van der Waals surface area contributed by atoms with Crippen molar-refractivity contribution in [3.8, 4) is 0 Å². The first kappa shape index (κ1) is 17.2. The van der Waals surface area contributed by atoms with E-state index in [2.05, 4.69) is 20.7 Å². The number of urea groups is 1. The number of ether oxygens (including phenoxy) is 1. The number of oxazole rings is 1. The van der Waals surface area contributed by atoms with Gasteiger partial charge in [0.2, 0.25) is 0 Å². The van der Waals surface area contributed by atoms with E-state index < -0.39 is 0 Å². The highest BCUT2D eigenvalue weighted by atomic mass is 16.5. The maximum Gasteiger partial charge on any atom is 0.319 e. The lowest BCUT2D eigenvalue weighted by atomic mass is 10.1. The zero-order chi connectivity index (χ0) is 19.1. The van der Waals surface area contributed by atoms with Crippen molar-refractivity contribution in [3.05, 3.63) is 42.0 Å². The predicted molar refractivity (Wildman–Crippen MR) is 103 cm³/mol. The largest absolute Gasteiger partial charge is 0.441 e. The van der Waals surface area contributed by atoms with Crippen LogP contribution in [-0.4, -0.2) is 33.4 Å². The van der Waals surface area contributed by atoms with Crippen LogP contribution in [0.3, 0.4) is 0 Å². The molecule has 1 saturated heterocycles. The molecule has 2 fully saturated rings. The molecule has 2 N–H and O–H groups in total. The molecule has 1 aliphatic heterocycles. The SMILES string of the molecule is Cc1nc2cc(NC(=O)N[C@@H]3CCO[C@H]3c3ccnn3CC3CC3)ccc2o1. The molecular formula is C20H23N5O3. The van der Waals surface area contributed by atoms with E-state index in [0.29, 0.717) is 23.8 Å². The quantitative estimate of drug-likeness (QED) is 0.706. The van der Waals surface area contributed by atoms with Crippen molar-refractivity contribution >= 4 is 22.8 Å². The molecule has 8 nitrogen and oxygen atoms in total. The van der Waals surface area contributed by atoms with E-state index in [1.165, 1.54) is 12.8 Å². The van der Waals surface area contributed by atoms with Gasteiger partial charge in [-0.25, -0.2) is 9.78 Å². The second-order valence-electron chi connectivity index (χ2n) is 7.58. The highest BCUT2D eigenvalue weighted by Crippen LogP contribution is 2.34. The molecule has 146 valence electrons. The maximum atomic E-state index is 12.6. The summed E-state index contributed by atoms with van der Waals surface area (Å²) in [7, 11) is 0. The molecule has 2 aromatic heterocycles. The number of anilines is 1. The van der Waals surface area contributed by atoms with Crippen molar-refractivity contribution in [2.24, 2.45) is 5.92 Å². The number of nitrogens with one attached hydrogen (secondary N) is 2. The minimum Gasteiger partial charge on any atom is -0.441 e. The number of hydrogen-bond donors (Lipinski definition) is 2. The summed E-state index contributed by atoms with van der Waals surface area (Å²) < 4.78 is 13.4. The third kappa shape index (κ3) is 3.47. The number of amides is 2. The fourth-order valence-electron chi connectivity index (χ4n) is 3.77. The van der Waals surface area contributed by atoms with Gasteiger partial charge in [-0.3, -0.25) is 4.68 Å². The molecule has 0 spiro atoms. The van der Waals surface area contributed by atoms with E-state index in [1.54, 1.807) is 19.1 Å². The molecule has 0 radical (unpaired) electrons. The number of fused-ring (bicyclic) bond motifs is 1. The Hall–Kier alpha value is -2.87. The zero-order valence-corrected chi connectivity index (χ0v) is 15.7. The minimum absolute atomic E-state index is 0.0901.